The summed E-state index contributed by atoms with van der Waals surface area (Å²) in [5.74, 6) is 0. The van der Waals surface area contributed by atoms with Crippen LogP contribution in [0.15, 0.2) is 18.2 Å². The molecule has 0 aliphatic heterocycles. The third-order valence-corrected chi connectivity index (χ3v) is 4.24. The van der Waals surface area contributed by atoms with Gasteiger partial charge in [-0.15, -0.1) is 0 Å². The molecule has 3 heteroatoms. The fourth-order valence-electron chi connectivity index (χ4n) is 2.91. The summed E-state index contributed by atoms with van der Waals surface area (Å²) in [5, 5.41) is 7.56. The maximum Gasteiger partial charge on any atom is 0.171 e. The average molecular weight is 276 g/mol. The van der Waals surface area contributed by atoms with Crippen LogP contribution in [-0.4, -0.2) is 11.2 Å². The Morgan fingerprint density at radius 2 is 1.89 bits per heavy atom. The van der Waals surface area contributed by atoms with E-state index in [4.69, 9.17) is 12.2 Å². The zero-order chi connectivity index (χ0) is 14.0. The van der Waals surface area contributed by atoms with Crippen molar-refractivity contribution in [3.05, 3.63) is 29.3 Å². The van der Waals surface area contributed by atoms with E-state index in [0.717, 1.165) is 10.8 Å². The fraction of sp³-hybridized carbons (Fsp3) is 0.562. The van der Waals surface area contributed by atoms with E-state index < -0.39 is 0 Å². The second kappa shape index (κ2) is 5.49. The topological polar surface area (TPSA) is 24.1 Å². The molecule has 104 valence electrons. The Morgan fingerprint density at radius 1 is 1.26 bits per heavy atom. The van der Waals surface area contributed by atoms with Gasteiger partial charge in [-0.1, -0.05) is 32.0 Å². The largest absolute Gasteiger partial charge is 0.360 e. The van der Waals surface area contributed by atoms with Crippen molar-refractivity contribution in [3.63, 3.8) is 0 Å². The third-order valence-electron chi connectivity index (χ3n) is 4.02. The van der Waals surface area contributed by atoms with Crippen LogP contribution in [0.1, 0.15) is 44.2 Å². The van der Waals surface area contributed by atoms with E-state index in [9.17, 15) is 0 Å². The Labute approximate surface area is 122 Å². The van der Waals surface area contributed by atoms with Gasteiger partial charge in [0.15, 0.2) is 5.11 Å². The minimum Gasteiger partial charge on any atom is -0.360 e. The molecule has 1 atom stereocenters. The predicted octanol–water partition coefficient (Wildman–Crippen LogP) is 4.17. The molecule has 1 aliphatic rings. The van der Waals surface area contributed by atoms with Crippen molar-refractivity contribution in [3.8, 4) is 0 Å². The van der Waals surface area contributed by atoms with Crippen LogP contribution >= 0.6 is 12.2 Å². The number of nitrogens with one attached hydrogen (secondary N) is 2. The monoisotopic (exact) mass is 276 g/mol. The van der Waals surface area contributed by atoms with E-state index in [0.29, 0.717) is 11.5 Å². The van der Waals surface area contributed by atoms with Crippen LogP contribution in [0.5, 0.6) is 0 Å². The van der Waals surface area contributed by atoms with Gasteiger partial charge in [-0.25, -0.2) is 0 Å². The van der Waals surface area contributed by atoms with E-state index in [1.165, 1.54) is 30.4 Å². The molecular formula is C16H24N2S. The fourth-order valence-corrected chi connectivity index (χ4v) is 3.17. The summed E-state index contributed by atoms with van der Waals surface area (Å²) in [6.45, 7) is 8.88. The highest BCUT2D eigenvalue weighted by Gasteiger charge is 2.31. The summed E-state index contributed by atoms with van der Waals surface area (Å²) < 4.78 is 0. The van der Waals surface area contributed by atoms with Gasteiger partial charge in [0.05, 0.1) is 0 Å². The van der Waals surface area contributed by atoms with Crippen LogP contribution in [-0.2, 0) is 0 Å². The molecule has 1 aromatic carbocycles. The standard InChI is InChI=1S/C16H24N2S/c1-11-6-5-7-12(2)14(11)18-15(19)17-13-8-9-16(3,4)10-13/h5-7,13H,8-10H2,1-4H3,(H2,17,18,19). The molecule has 1 aromatic rings. The molecule has 1 fully saturated rings. The minimum absolute atomic E-state index is 0.450. The molecule has 1 aliphatic carbocycles. The van der Waals surface area contributed by atoms with Crippen molar-refractivity contribution < 1.29 is 0 Å². The minimum atomic E-state index is 0.450. The third kappa shape index (κ3) is 3.69. The molecule has 0 amide bonds. The maximum atomic E-state index is 5.44. The second-order valence-electron chi connectivity index (χ2n) is 6.47. The molecule has 1 unspecified atom stereocenters. The SMILES string of the molecule is Cc1cccc(C)c1NC(=S)NC1CCC(C)(C)C1. The zero-order valence-electron chi connectivity index (χ0n) is 12.3. The Hall–Kier alpha value is -1.09. The summed E-state index contributed by atoms with van der Waals surface area (Å²) in [4.78, 5) is 0. The van der Waals surface area contributed by atoms with Gasteiger partial charge in [-0.3, -0.25) is 0 Å². The summed E-state index contributed by atoms with van der Waals surface area (Å²) in [6.07, 6.45) is 3.68. The lowest BCUT2D eigenvalue weighted by atomic mass is 9.92. The Bertz CT molecular complexity index is 459. The highest BCUT2D eigenvalue weighted by atomic mass is 32.1. The van der Waals surface area contributed by atoms with Crippen molar-refractivity contribution >= 4 is 23.0 Å². The lowest BCUT2D eigenvalue weighted by molar-refractivity contribution is 0.372. The normalized spacial score (nSPS) is 21.2. The number of aryl methyl sites for hydroxylation is 2. The van der Waals surface area contributed by atoms with Gasteiger partial charge in [0, 0.05) is 11.7 Å². The van der Waals surface area contributed by atoms with Crippen molar-refractivity contribution in [2.45, 2.75) is 53.0 Å². The first-order valence-electron chi connectivity index (χ1n) is 7.01. The summed E-state index contributed by atoms with van der Waals surface area (Å²) in [7, 11) is 0. The van der Waals surface area contributed by atoms with Gasteiger partial charge in [0.2, 0.25) is 0 Å². The molecule has 0 heterocycles. The lowest BCUT2D eigenvalue weighted by Crippen LogP contribution is -2.36. The average Bonchev–Trinajstić information content (AvgIpc) is 2.63. The Kier molecular flexibility index (Phi) is 4.14. The number of thiocarbonyl (C=S) groups is 1. The van der Waals surface area contributed by atoms with Crippen molar-refractivity contribution in [2.24, 2.45) is 5.41 Å². The van der Waals surface area contributed by atoms with Crippen molar-refractivity contribution in [2.75, 3.05) is 5.32 Å². The van der Waals surface area contributed by atoms with Crippen molar-refractivity contribution in [1.82, 2.24) is 5.32 Å². The van der Waals surface area contributed by atoms with Crippen LogP contribution in [0.3, 0.4) is 0 Å². The lowest BCUT2D eigenvalue weighted by Gasteiger charge is -2.20. The molecule has 2 nitrogen and oxygen atoms in total. The highest BCUT2D eigenvalue weighted by molar-refractivity contribution is 7.80. The zero-order valence-corrected chi connectivity index (χ0v) is 13.2. The first-order valence-corrected chi connectivity index (χ1v) is 7.42. The number of hydrogen-bond acceptors (Lipinski definition) is 1. The smallest absolute Gasteiger partial charge is 0.171 e. The van der Waals surface area contributed by atoms with Crippen LogP contribution in [0.25, 0.3) is 0 Å². The van der Waals surface area contributed by atoms with Gasteiger partial charge in [-0.05, 0) is 61.9 Å². The van der Waals surface area contributed by atoms with E-state index >= 15 is 0 Å². The van der Waals surface area contributed by atoms with Gasteiger partial charge >= 0.3 is 0 Å². The quantitative estimate of drug-likeness (QED) is 0.793. The van der Waals surface area contributed by atoms with Gasteiger partial charge in [-0.2, -0.15) is 0 Å². The number of para-hydroxylation sites is 1. The molecule has 1 saturated carbocycles. The molecule has 0 saturated heterocycles. The van der Waals surface area contributed by atoms with E-state index in [1.54, 1.807) is 0 Å². The van der Waals surface area contributed by atoms with E-state index in [1.807, 2.05) is 0 Å². The maximum absolute atomic E-state index is 5.44. The first-order chi connectivity index (χ1) is 8.87. The number of anilines is 1. The molecule has 2 rings (SSSR count). The molecule has 0 bridgehead atoms. The summed E-state index contributed by atoms with van der Waals surface area (Å²) >= 11 is 5.44. The second-order valence-corrected chi connectivity index (χ2v) is 6.88. The predicted molar refractivity (Wildman–Crippen MR) is 86.7 cm³/mol. The van der Waals surface area contributed by atoms with E-state index in [2.05, 4.69) is 56.5 Å². The van der Waals surface area contributed by atoms with Gasteiger partial charge in [0.1, 0.15) is 0 Å². The van der Waals surface area contributed by atoms with Gasteiger partial charge in [0.25, 0.3) is 0 Å². The van der Waals surface area contributed by atoms with Crippen LogP contribution in [0.2, 0.25) is 0 Å². The Balaban J connectivity index is 1.95. The van der Waals surface area contributed by atoms with Crippen LogP contribution in [0, 0.1) is 19.3 Å². The molecular weight excluding hydrogens is 252 g/mol. The Morgan fingerprint density at radius 3 is 2.42 bits per heavy atom. The molecule has 0 radical (unpaired) electrons. The van der Waals surface area contributed by atoms with Crippen molar-refractivity contribution in [1.29, 1.82) is 0 Å². The summed E-state index contributed by atoms with van der Waals surface area (Å²) in [5.41, 5.74) is 4.05. The number of rotatable bonds is 2. The van der Waals surface area contributed by atoms with E-state index in [-0.39, 0.29) is 0 Å². The molecule has 2 N–H and O–H groups in total. The highest BCUT2D eigenvalue weighted by Crippen LogP contribution is 2.36. The molecule has 0 aromatic heterocycles. The number of hydrogen-bond donors (Lipinski definition) is 2. The number of benzene rings is 1. The van der Waals surface area contributed by atoms with Crippen LogP contribution in [0.4, 0.5) is 5.69 Å². The molecule has 19 heavy (non-hydrogen) atoms. The first kappa shape index (κ1) is 14.3. The summed E-state index contributed by atoms with van der Waals surface area (Å²) in [6, 6.07) is 6.80. The van der Waals surface area contributed by atoms with Crippen LogP contribution < -0.4 is 10.6 Å². The molecule has 0 spiro atoms. The van der Waals surface area contributed by atoms with Gasteiger partial charge < -0.3 is 10.6 Å².